The zero-order valence-corrected chi connectivity index (χ0v) is 21.3. The molecule has 0 radical (unpaired) electrons. The van der Waals surface area contributed by atoms with Crippen molar-refractivity contribution in [2.75, 3.05) is 18.1 Å². The average Bonchev–Trinajstić information content (AvgIpc) is 3.46. The Morgan fingerprint density at radius 3 is 2.32 bits per heavy atom. The standard InChI is InChI=1S/C14H16N4O7S.C5H4N4O2S/c1-5(19)23-4-7-3-8(24-6(2)20)12(25-7)18-10-9(26-14(18)22)11(21)17-13(15)16-10;6-4-7-2-1(3(10)9-4)12-5(11)8-2/h7-8,12H,3-4H2,1-2H3,(H3,15,16,17,21);(H4,6,7,8,9,10,11)/t7-,8+,12+;/m0./s1. The monoisotopic (exact) mass is 568 g/mol. The van der Waals surface area contributed by atoms with E-state index in [-0.39, 0.29) is 56.1 Å². The third kappa shape index (κ3) is 5.63. The van der Waals surface area contributed by atoms with E-state index in [1.807, 2.05) is 0 Å². The molecule has 7 N–H and O–H groups in total. The number of aromatic amines is 3. The van der Waals surface area contributed by atoms with Gasteiger partial charge in [-0.2, -0.15) is 9.97 Å². The van der Waals surface area contributed by atoms with E-state index in [1.54, 1.807) is 0 Å². The lowest BCUT2D eigenvalue weighted by molar-refractivity contribution is -0.152. The summed E-state index contributed by atoms with van der Waals surface area (Å²) in [5.41, 5.74) is 10.2. The largest absolute Gasteiger partial charge is 0.463 e. The fraction of sp³-hybridized carbons (Fsp3) is 0.368. The predicted molar refractivity (Wildman–Crippen MR) is 135 cm³/mol. The maximum Gasteiger partial charge on any atom is 0.311 e. The number of thiazole rings is 2. The number of H-pyrrole nitrogens is 3. The number of carbonyl (C=O) groups is 2. The van der Waals surface area contributed by atoms with Gasteiger partial charge in [-0.05, 0) is 0 Å². The van der Waals surface area contributed by atoms with Crippen molar-refractivity contribution in [3.63, 3.8) is 0 Å². The number of nitrogens with zero attached hydrogens (tertiary/aromatic N) is 3. The summed E-state index contributed by atoms with van der Waals surface area (Å²) in [6, 6.07) is 0. The topological polar surface area (TPSA) is 260 Å². The highest BCUT2D eigenvalue weighted by Gasteiger charge is 2.41. The highest BCUT2D eigenvalue weighted by atomic mass is 32.1. The first kappa shape index (κ1) is 26.7. The van der Waals surface area contributed by atoms with Gasteiger partial charge in [0.25, 0.3) is 11.1 Å². The Balaban J connectivity index is 0.000000232. The average molecular weight is 569 g/mol. The van der Waals surface area contributed by atoms with Crippen molar-refractivity contribution < 1.29 is 23.8 Å². The number of aromatic nitrogens is 6. The molecule has 0 unspecified atom stereocenters. The van der Waals surface area contributed by atoms with Crippen LogP contribution in [0.15, 0.2) is 19.2 Å². The number of carbonyl (C=O) groups excluding carboxylic acids is 2. The highest BCUT2D eigenvalue weighted by molar-refractivity contribution is 7.16. The van der Waals surface area contributed by atoms with Crippen molar-refractivity contribution in [2.24, 2.45) is 0 Å². The summed E-state index contributed by atoms with van der Waals surface area (Å²) in [7, 11) is 0. The number of ether oxygens (including phenoxy) is 3. The quantitative estimate of drug-likeness (QED) is 0.181. The van der Waals surface area contributed by atoms with Crippen LogP contribution in [-0.2, 0) is 23.8 Å². The fourth-order valence-electron chi connectivity index (χ4n) is 3.62. The summed E-state index contributed by atoms with van der Waals surface area (Å²) in [6.45, 7) is 2.42. The van der Waals surface area contributed by atoms with Gasteiger partial charge >= 0.3 is 21.7 Å². The van der Waals surface area contributed by atoms with Crippen LogP contribution in [0.4, 0.5) is 11.9 Å². The zero-order valence-electron chi connectivity index (χ0n) is 19.6. The third-order valence-electron chi connectivity index (χ3n) is 4.99. The number of hydrogen-bond donors (Lipinski definition) is 5. The molecule has 0 aromatic carbocycles. The van der Waals surface area contributed by atoms with E-state index in [0.29, 0.717) is 11.3 Å². The minimum Gasteiger partial charge on any atom is -0.463 e. The third-order valence-corrected chi connectivity index (χ3v) is 6.81. The molecule has 202 valence electrons. The first-order valence-corrected chi connectivity index (χ1v) is 12.3. The normalized spacial score (nSPS) is 18.7. The van der Waals surface area contributed by atoms with Crippen molar-refractivity contribution in [3.05, 3.63) is 40.0 Å². The van der Waals surface area contributed by atoms with Crippen molar-refractivity contribution in [3.8, 4) is 0 Å². The van der Waals surface area contributed by atoms with Gasteiger partial charge in [-0.15, -0.1) is 0 Å². The van der Waals surface area contributed by atoms with Crippen LogP contribution in [0.25, 0.3) is 20.7 Å². The van der Waals surface area contributed by atoms with Crippen LogP contribution in [0.3, 0.4) is 0 Å². The molecule has 0 amide bonds. The van der Waals surface area contributed by atoms with Crippen LogP contribution < -0.4 is 32.3 Å². The zero-order chi connectivity index (χ0) is 27.7. The summed E-state index contributed by atoms with van der Waals surface area (Å²) in [6.07, 6.45) is -2.21. The van der Waals surface area contributed by atoms with Crippen LogP contribution in [0.2, 0.25) is 0 Å². The molecule has 1 aliphatic heterocycles. The molecule has 4 aromatic rings. The van der Waals surface area contributed by atoms with Crippen LogP contribution in [0.5, 0.6) is 0 Å². The number of nitrogens with one attached hydrogen (secondary N) is 3. The predicted octanol–water partition coefficient (Wildman–Crippen LogP) is -1.23. The summed E-state index contributed by atoms with van der Waals surface area (Å²) in [5.74, 6) is -1.20. The van der Waals surface area contributed by atoms with Crippen molar-refractivity contribution >= 4 is 67.2 Å². The molecule has 19 heteroatoms. The molecule has 0 spiro atoms. The molecule has 3 atom stereocenters. The molecule has 17 nitrogen and oxygen atoms in total. The smallest absolute Gasteiger partial charge is 0.311 e. The number of esters is 2. The SMILES string of the molecule is CC(=O)OC[C@@H]1C[C@@H](OC(C)=O)[C@H](n2c(=O)sc3c(=O)[nH]c(N)nc32)O1.Nc1nc2[nH]c(=O)sc2c(=O)[nH]1. The summed E-state index contributed by atoms with van der Waals surface area (Å²) in [5, 5.41) is 0. The number of nitrogens with two attached hydrogens (primary N) is 2. The van der Waals surface area contributed by atoms with Crippen molar-refractivity contribution in [1.29, 1.82) is 0 Å². The maximum absolute atomic E-state index is 12.4. The van der Waals surface area contributed by atoms with Gasteiger partial charge < -0.3 is 25.7 Å². The molecule has 0 aliphatic carbocycles. The van der Waals surface area contributed by atoms with Crippen LogP contribution in [-0.4, -0.2) is 60.2 Å². The number of rotatable bonds is 4. The van der Waals surface area contributed by atoms with Crippen LogP contribution in [0, 0.1) is 0 Å². The van der Waals surface area contributed by atoms with E-state index >= 15 is 0 Å². The van der Waals surface area contributed by atoms with Gasteiger partial charge in [0.05, 0.1) is 6.10 Å². The lowest BCUT2D eigenvalue weighted by atomic mass is 10.2. The summed E-state index contributed by atoms with van der Waals surface area (Å²) < 4.78 is 17.4. The van der Waals surface area contributed by atoms with E-state index in [2.05, 4.69) is 24.9 Å². The Morgan fingerprint density at radius 1 is 1.00 bits per heavy atom. The Bertz CT molecular complexity index is 1760. The Hall–Kier alpha value is -4.36. The molecule has 0 bridgehead atoms. The first-order chi connectivity index (χ1) is 17.9. The lowest BCUT2D eigenvalue weighted by Crippen LogP contribution is -2.30. The van der Waals surface area contributed by atoms with Crippen LogP contribution in [0.1, 0.15) is 26.5 Å². The molecule has 1 aliphatic rings. The minimum absolute atomic E-state index is 0.00144. The van der Waals surface area contributed by atoms with Gasteiger partial charge in [-0.25, -0.2) is 0 Å². The van der Waals surface area contributed by atoms with Gasteiger partial charge in [-0.3, -0.25) is 48.3 Å². The molecule has 5 rings (SSSR count). The minimum atomic E-state index is -1.02. The molecule has 1 fully saturated rings. The van der Waals surface area contributed by atoms with Gasteiger partial charge in [0.15, 0.2) is 17.5 Å². The van der Waals surface area contributed by atoms with E-state index in [1.165, 1.54) is 13.8 Å². The number of fused-ring (bicyclic) bond motifs is 2. The van der Waals surface area contributed by atoms with E-state index in [4.69, 9.17) is 25.7 Å². The van der Waals surface area contributed by atoms with Crippen molar-refractivity contribution in [2.45, 2.75) is 38.7 Å². The number of nitrogen functional groups attached to an aromatic ring is 2. The summed E-state index contributed by atoms with van der Waals surface area (Å²) >= 11 is 1.50. The van der Waals surface area contributed by atoms with Gasteiger partial charge in [0.2, 0.25) is 11.9 Å². The van der Waals surface area contributed by atoms with E-state index in [9.17, 15) is 28.8 Å². The lowest BCUT2D eigenvalue weighted by Gasteiger charge is -2.19. The first-order valence-electron chi connectivity index (χ1n) is 10.7. The Labute approximate surface area is 217 Å². The van der Waals surface area contributed by atoms with E-state index < -0.39 is 40.8 Å². The highest BCUT2D eigenvalue weighted by Crippen LogP contribution is 2.33. The van der Waals surface area contributed by atoms with Crippen molar-refractivity contribution in [1.82, 2.24) is 29.5 Å². The number of hydrogen-bond acceptors (Lipinski definition) is 15. The van der Waals surface area contributed by atoms with Gasteiger partial charge in [0.1, 0.15) is 22.1 Å². The van der Waals surface area contributed by atoms with Gasteiger partial charge in [-0.1, -0.05) is 22.7 Å². The second-order valence-electron chi connectivity index (χ2n) is 7.82. The second kappa shape index (κ2) is 10.6. The molecule has 38 heavy (non-hydrogen) atoms. The summed E-state index contributed by atoms with van der Waals surface area (Å²) in [4.78, 5) is 82.6. The van der Waals surface area contributed by atoms with Gasteiger partial charge in [0, 0.05) is 20.3 Å². The molecular formula is C19H20N8O9S2. The Morgan fingerprint density at radius 2 is 1.66 bits per heavy atom. The molecule has 0 saturated carbocycles. The maximum atomic E-state index is 12.4. The fourth-order valence-corrected chi connectivity index (χ4v) is 5.14. The van der Waals surface area contributed by atoms with E-state index in [0.717, 1.165) is 15.9 Å². The number of anilines is 2. The molecule has 1 saturated heterocycles. The molecular weight excluding hydrogens is 548 g/mol. The molecule has 4 aromatic heterocycles. The van der Waals surface area contributed by atoms with Crippen LogP contribution >= 0.6 is 22.7 Å². The second-order valence-corrected chi connectivity index (χ2v) is 9.76. The Kier molecular flexibility index (Phi) is 7.41. The molecule has 5 heterocycles.